The third-order valence-electron chi connectivity index (χ3n) is 2.86. The molecule has 0 aliphatic rings. The van der Waals surface area contributed by atoms with Gasteiger partial charge in [-0.25, -0.2) is 0 Å². The van der Waals surface area contributed by atoms with Crippen LogP contribution in [-0.4, -0.2) is 19.1 Å². The largest absolute Gasteiger partial charge is 0.493 e. The number of ether oxygens (including phenoxy) is 1. The van der Waals surface area contributed by atoms with E-state index in [4.69, 9.17) is 10.5 Å². The molecule has 0 saturated heterocycles. The lowest BCUT2D eigenvalue weighted by Crippen LogP contribution is -2.27. The second-order valence-electron chi connectivity index (χ2n) is 4.29. The Morgan fingerprint density at radius 2 is 2.25 bits per heavy atom. The minimum Gasteiger partial charge on any atom is -0.493 e. The highest BCUT2D eigenvalue weighted by Gasteiger charge is 2.15. The van der Waals surface area contributed by atoms with E-state index in [1.807, 2.05) is 12.3 Å². The molecule has 3 N–H and O–H groups in total. The van der Waals surface area contributed by atoms with Gasteiger partial charge in [0.1, 0.15) is 11.3 Å². The first-order valence-corrected chi connectivity index (χ1v) is 7.47. The number of carbonyl (C=O) groups is 1. The van der Waals surface area contributed by atoms with Crippen LogP contribution in [0.3, 0.4) is 0 Å². The molecular weight excluding hydrogens is 272 g/mol. The summed E-state index contributed by atoms with van der Waals surface area (Å²) < 4.78 is 5.45. The van der Waals surface area contributed by atoms with Gasteiger partial charge in [-0.1, -0.05) is 6.07 Å². The fourth-order valence-corrected chi connectivity index (χ4v) is 2.61. The average Bonchev–Trinajstić information content (AvgIpc) is 2.92. The van der Waals surface area contributed by atoms with E-state index in [0.717, 1.165) is 6.42 Å². The molecule has 0 unspecified atom stereocenters. The van der Waals surface area contributed by atoms with Crippen molar-refractivity contribution in [2.24, 2.45) is 0 Å². The lowest BCUT2D eigenvalue weighted by Gasteiger charge is -2.12. The molecule has 1 amide bonds. The molecule has 0 aliphatic heterocycles. The highest BCUT2D eigenvalue weighted by molar-refractivity contribution is 7.07. The molecular formula is C15H18N2O2S. The van der Waals surface area contributed by atoms with Gasteiger partial charge in [0.25, 0.3) is 5.91 Å². The third-order valence-corrected chi connectivity index (χ3v) is 3.60. The van der Waals surface area contributed by atoms with E-state index in [1.54, 1.807) is 29.5 Å². The zero-order valence-electron chi connectivity index (χ0n) is 11.4. The first-order chi connectivity index (χ1) is 9.72. The maximum atomic E-state index is 12.2. The SMILES string of the molecule is CCOc1cccc(N)c1C(=O)NCCc1ccsc1. The van der Waals surface area contributed by atoms with Crippen LogP contribution in [0.4, 0.5) is 5.69 Å². The van der Waals surface area contributed by atoms with Gasteiger partial charge < -0.3 is 15.8 Å². The van der Waals surface area contributed by atoms with Crippen molar-refractivity contribution in [3.63, 3.8) is 0 Å². The van der Waals surface area contributed by atoms with Gasteiger partial charge in [0, 0.05) is 12.2 Å². The Kier molecular flexibility index (Phi) is 5.01. The van der Waals surface area contributed by atoms with E-state index >= 15 is 0 Å². The molecule has 2 rings (SSSR count). The number of benzene rings is 1. The standard InChI is InChI=1S/C15H18N2O2S/c1-2-19-13-5-3-4-12(16)14(13)15(18)17-8-6-11-7-9-20-10-11/h3-5,7,9-10H,2,6,8,16H2,1H3,(H,17,18). The van der Waals surface area contributed by atoms with Gasteiger partial charge in [0.2, 0.25) is 0 Å². The van der Waals surface area contributed by atoms with Gasteiger partial charge in [0.15, 0.2) is 0 Å². The van der Waals surface area contributed by atoms with Gasteiger partial charge in [-0.05, 0) is 47.9 Å². The summed E-state index contributed by atoms with van der Waals surface area (Å²) in [6.45, 7) is 2.95. The summed E-state index contributed by atoms with van der Waals surface area (Å²) in [5.74, 6) is 0.335. The Bertz CT molecular complexity index is 567. The summed E-state index contributed by atoms with van der Waals surface area (Å²) in [6, 6.07) is 7.30. The molecule has 0 aliphatic carbocycles. The van der Waals surface area contributed by atoms with E-state index in [2.05, 4.69) is 16.8 Å². The maximum Gasteiger partial charge on any atom is 0.257 e. The van der Waals surface area contributed by atoms with Gasteiger partial charge in [-0.2, -0.15) is 11.3 Å². The van der Waals surface area contributed by atoms with Crippen LogP contribution < -0.4 is 15.8 Å². The molecule has 1 heterocycles. The minimum absolute atomic E-state index is 0.193. The zero-order valence-corrected chi connectivity index (χ0v) is 12.2. The molecule has 0 fully saturated rings. The number of hydrogen-bond donors (Lipinski definition) is 2. The fraction of sp³-hybridized carbons (Fsp3) is 0.267. The summed E-state index contributed by atoms with van der Waals surface area (Å²) in [5.41, 5.74) is 7.95. The summed E-state index contributed by atoms with van der Waals surface area (Å²) >= 11 is 1.65. The minimum atomic E-state index is -0.193. The van der Waals surface area contributed by atoms with E-state index < -0.39 is 0 Å². The summed E-state index contributed by atoms with van der Waals surface area (Å²) in [7, 11) is 0. The van der Waals surface area contributed by atoms with Crippen LogP contribution in [0.25, 0.3) is 0 Å². The second kappa shape index (κ2) is 6.96. The van der Waals surface area contributed by atoms with E-state index in [9.17, 15) is 4.79 Å². The summed E-state index contributed by atoms with van der Waals surface area (Å²) in [4.78, 5) is 12.2. The van der Waals surface area contributed by atoms with Crippen molar-refractivity contribution < 1.29 is 9.53 Å². The molecule has 1 aromatic carbocycles. The first kappa shape index (κ1) is 14.4. The van der Waals surface area contributed by atoms with Crippen LogP contribution in [0.1, 0.15) is 22.8 Å². The lowest BCUT2D eigenvalue weighted by atomic mass is 10.1. The van der Waals surface area contributed by atoms with Crippen LogP contribution in [0.5, 0.6) is 5.75 Å². The number of amides is 1. The topological polar surface area (TPSA) is 64.3 Å². The highest BCUT2D eigenvalue weighted by atomic mass is 32.1. The van der Waals surface area contributed by atoms with Crippen molar-refractivity contribution in [1.29, 1.82) is 0 Å². The van der Waals surface area contributed by atoms with E-state index in [1.165, 1.54) is 5.56 Å². The molecule has 0 radical (unpaired) electrons. The van der Waals surface area contributed by atoms with E-state index in [-0.39, 0.29) is 5.91 Å². The van der Waals surface area contributed by atoms with Gasteiger partial charge >= 0.3 is 0 Å². The number of nitrogens with two attached hydrogens (primary N) is 1. The number of thiophene rings is 1. The van der Waals surface area contributed by atoms with E-state index in [0.29, 0.717) is 30.2 Å². The smallest absolute Gasteiger partial charge is 0.257 e. The number of anilines is 1. The molecule has 0 atom stereocenters. The summed E-state index contributed by atoms with van der Waals surface area (Å²) in [6.07, 6.45) is 0.811. The molecule has 106 valence electrons. The van der Waals surface area contributed by atoms with Crippen molar-refractivity contribution in [2.45, 2.75) is 13.3 Å². The number of hydrogen-bond acceptors (Lipinski definition) is 4. The molecule has 0 spiro atoms. The molecule has 5 heteroatoms. The van der Waals surface area contributed by atoms with Gasteiger partial charge in [0.05, 0.1) is 6.61 Å². The normalized spacial score (nSPS) is 10.2. The predicted octanol–water partition coefficient (Wildman–Crippen LogP) is 2.70. The maximum absolute atomic E-state index is 12.2. The van der Waals surface area contributed by atoms with Crippen LogP contribution in [-0.2, 0) is 6.42 Å². The zero-order chi connectivity index (χ0) is 14.4. The average molecular weight is 290 g/mol. The van der Waals surface area contributed by atoms with Crippen LogP contribution in [0.2, 0.25) is 0 Å². The Labute approximate surface area is 122 Å². The fourth-order valence-electron chi connectivity index (χ4n) is 1.91. The van der Waals surface area contributed by atoms with Gasteiger partial charge in [-0.3, -0.25) is 4.79 Å². The molecule has 20 heavy (non-hydrogen) atoms. The predicted molar refractivity (Wildman–Crippen MR) is 82.4 cm³/mol. The quantitative estimate of drug-likeness (QED) is 0.804. The van der Waals surface area contributed by atoms with Crippen molar-refractivity contribution in [3.8, 4) is 5.75 Å². The number of nitrogen functional groups attached to an aromatic ring is 1. The van der Waals surface area contributed by atoms with Crippen molar-refractivity contribution in [3.05, 3.63) is 46.2 Å². The number of nitrogens with one attached hydrogen (secondary N) is 1. The first-order valence-electron chi connectivity index (χ1n) is 6.53. The highest BCUT2D eigenvalue weighted by Crippen LogP contribution is 2.24. The Balaban J connectivity index is 2.01. The summed E-state index contributed by atoms with van der Waals surface area (Å²) in [5, 5.41) is 6.99. The second-order valence-corrected chi connectivity index (χ2v) is 5.07. The number of rotatable bonds is 6. The van der Waals surface area contributed by atoms with Crippen molar-refractivity contribution >= 4 is 22.9 Å². The van der Waals surface area contributed by atoms with Crippen molar-refractivity contribution in [2.75, 3.05) is 18.9 Å². The Hall–Kier alpha value is -2.01. The van der Waals surface area contributed by atoms with Gasteiger partial charge in [-0.15, -0.1) is 0 Å². The third kappa shape index (κ3) is 3.51. The molecule has 2 aromatic rings. The molecule has 0 saturated carbocycles. The molecule has 4 nitrogen and oxygen atoms in total. The Morgan fingerprint density at radius 1 is 1.40 bits per heavy atom. The lowest BCUT2D eigenvalue weighted by molar-refractivity contribution is 0.0951. The van der Waals surface area contributed by atoms with Crippen LogP contribution >= 0.6 is 11.3 Å². The Morgan fingerprint density at radius 3 is 2.95 bits per heavy atom. The molecule has 0 bridgehead atoms. The van der Waals surface area contributed by atoms with Crippen molar-refractivity contribution in [1.82, 2.24) is 5.32 Å². The molecule has 1 aromatic heterocycles. The number of carbonyl (C=O) groups excluding carboxylic acids is 1. The monoisotopic (exact) mass is 290 g/mol. The van der Waals surface area contributed by atoms with Crippen LogP contribution in [0.15, 0.2) is 35.0 Å². The van der Waals surface area contributed by atoms with Crippen LogP contribution in [0, 0.1) is 0 Å².